The summed E-state index contributed by atoms with van der Waals surface area (Å²) in [5, 5.41) is 13.0. The standard InChI is InChI=1S/C13H12N4O3/c18-12(19)9-2-3-11-10(8-9)15-13(20)17(11)7-6-16-5-1-4-14-16/h1-5,8H,6-7H2,(H,15,20)(H,18,19). The van der Waals surface area contributed by atoms with Gasteiger partial charge in [0.2, 0.25) is 0 Å². The summed E-state index contributed by atoms with van der Waals surface area (Å²) in [5.41, 5.74) is 1.11. The van der Waals surface area contributed by atoms with Crippen LogP contribution in [0.4, 0.5) is 0 Å². The molecule has 0 fully saturated rings. The predicted molar refractivity (Wildman–Crippen MR) is 71.7 cm³/mol. The first-order valence-corrected chi connectivity index (χ1v) is 6.08. The summed E-state index contributed by atoms with van der Waals surface area (Å²) in [6, 6.07) is 6.41. The Morgan fingerprint density at radius 2 is 2.20 bits per heavy atom. The number of carbonyl (C=O) groups is 1. The number of carboxylic acids is 1. The lowest BCUT2D eigenvalue weighted by molar-refractivity contribution is 0.0697. The number of rotatable bonds is 4. The van der Waals surface area contributed by atoms with E-state index in [-0.39, 0.29) is 11.3 Å². The number of aromatic carboxylic acids is 1. The maximum absolute atomic E-state index is 11.9. The number of aromatic nitrogens is 4. The normalized spacial score (nSPS) is 11.0. The first kappa shape index (κ1) is 12.2. The highest BCUT2D eigenvalue weighted by atomic mass is 16.4. The fraction of sp³-hybridized carbons (Fsp3) is 0.154. The van der Waals surface area contributed by atoms with Gasteiger partial charge in [-0.15, -0.1) is 0 Å². The molecule has 0 saturated heterocycles. The summed E-state index contributed by atoms with van der Waals surface area (Å²) in [6.07, 6.45) is 3.50. The van der Waals surface area contributed by atoms with E-state index in [2.05, 4.69) is 10.1 Å². The maximum Gasteiger partial charge on any atom is 0.335 e. The van der Waals surface area contributed by atoms with Crippen LogP contribution in [-0.4, -0.2) is 30.4 Å². The van der Waals surface area contributed by atoms with E-state index in [9.17, 15) is 9.59 Å². The van der Waals surface area contributed by atoms with E-state index in [1.807, 2.05) is 12.3 Å². The molecule has 7 nitrogen and oxygen atoms in total. The molecule has 2 N–H and O–H groups in total. The Labute approximate surface area is 113 Å². The zero-order valence-electron chi connectivity index (χ0n) is 10.5. The second kappa shape index (κ2) is 4.69. The third-order valence-electron chi connectivity index (χ3n) is 3.13. The van der Waals surface area contributed by atoms with Crippen molar-refractivity contribution < 1.29 is 9.90 Å². The molecule has 0 aliphatic carbocycles. The molecule has 0 saturated carbocycles. The zero-order valence-corrected chi connectivity index (χ0v) is 10.5. The van der Waals surface area contributed by atoms with Gasteiger partial charge < -0.3 is 10.1 Å². The SMILES string of the molecule is O=C(O)c1ccc2c(c1)[nH]c(=O)n2CCn1cccn1. The van der Waals surface area contributed by atoms with Crippen LogP contribution in [0.25, 0.3) is 11.0 Å². The molecular weight excluding hydrogens is 260 g/mol. The highest BCUT2D eigenvalue weighted by Crippen LogP contribution is 2.13. The van der Waals surface area contributed by atoms with Gasteiger partial charge in [0.1, 0.15) is 0 Å². The third kappa shape index (κ3) is 2.09. The molecule has 0 aliphatic heterocycles. The van der Waals surface area contributed by atoms with E-state index in [1.165, 1.54) is 12.1 Å². The van der Waals surface area contributed by atoms with Gasteiger partial charge in [0.15, 0.2) is 0 Å². The number of imidazole rings is 1. The minimum Gasteiger partial charge on any atom is -0.478 e. The van der Waals surface area contributed by atoms with Crippen molar-refractivity contribution in [1.29, 1.82) is 0 Å². The van der Waals surface area contributed by atoms with Gasteiger partial charge in [-0.05, 0) is 24.3 Å². The van der Waals surface area contributed by atoms with Gasteiger partial charge in [0, 0.05) is 18.9 Å². The number of fused-ring (bicyclic) bond motifs is 1. The Hall–Kier alpha value is -2.83. The van der Waals surface area contributed by atoms with Crippen LogP contribution >= 0.6 is 0 Å². The van der Waals surface area contributed by atoms with Crippen molar-refractivity contribution in [2.45, 2.75) is 13.1 Å². The van der Waals surface area contributed by atoms with Gasteiger partial charge >= 0.3 is 11.7 Å². The predicted octanol–water partition coefficient (Wildman–Crippen LogP) is 0.925. The van der Waals surface area contributed by atoms with Crippen LogP contribution < -0.4 is 5.69 Å². The van der Waals surface area contributed by atoms with Gasteiger partial charge in [-0.3, -0.25) is 9.25 Å². The van der Waals surface area contributed by atoms with E-state index in [0.717, 1.165) is 0 Å². The molecule has 0 spiro atoms. The fourth-order valence-electron chi connectivity index (χ4n) is 2.15. The van der Waals surface area contributed by atoms with Crippen LogP contribution in [0, 0.1) is 0 Å². The summed E-state index contributed by atoms with van der Waals surface area (Å²) in [5.74, 6) is -1.02. The number of aryl methyl sites for hydroxylation is 2. The van der Waals surface area contributed by atoms with Crippen molar-refractivity contribution >= 4 is 17.0 Å². The average molecular weight is 272 g/mol. The second-order valence-electron chi connectivity index (χ2n) is 4.39. The van der Waals surface area contributed by atoms with Gasteiger partial charge in [-0.2, -0.15) is 5.10 Å². The second-order valence-corrected chi connectivity index (χ2v) is 4.39. The number of benzene rings is 1. The molecule has 0 unspecified atom stereocenters. The Morgan fingerprint density at radius 3 is 2.90 bits per heavy atom. The van der Waals surface area contributed by atoms with Crippen molar-refractivity contribution in [3.63, 3.8) is 0 Å². The van der Waals surface area contributed by atoms with Crippen LogP contribution in [-0.2, 0) is 13.1 Å². The van der Waals surface area contributed by atoms with Crippen LogP contribution in [0.15, 0.2) is 41.5 Å². The first-order valence-electron chi connectivity index (χ1n) is 6.08. The zero-order chi connectivity index (χ0) is 14.1. The topological polar surface area (TPSA) is 92.9 Å². The summed E-state index contributed by atoms with van der Waals surface area (Å²) >= 11 is 0. The molecule has 0 atom stereocenters. The fourth-order valence-corrected chi connectivity index (χ4v) is 2.15. The molecule has 2 aromatic heterocycles. The van der Waals surface area contributed by atoms with Crippen molar-refractivity contribution in [2.24, 2.45) is 0 Å². The third-order valence-corrected chi connectivity index (χ3v) is 3.13. The van der Waals surface area contributed by atoms with Crippen LogP contribution in [0.2, 0.25) is 0 Å². The molecule has 102 valence electrons. The molecule has 0 aliphatic rings. The molecule has 1 aromatic carbocycles. The Balaban J connectivity index is 1.96. The minimum atomic E-state index is -1.02. The van der Waals surface area contributed by atoms with Gasteiger partial charge in [-0.1, -0.05) is 0 Å². The highest BCUT2D eigenvalue weighted by Gasteiger charge is 2.10. The van der Waals surface area contributed by atoms with Gasteiger partial charge in [0.05, 0.1) is 23.1 Å². The molecular formula is C13H12N4O3. The monoisotopic (exact) mass is 272 g/mol. The lowest BCUT2D eigenvalue weighted by Gasteiger charge is -2.04. The molecule has 0 radical (unpaired) electrons. The van der Waals surface area contributed by atoms with Crippen LogP contribution in [0.5, 0.6) is 0 Å². The van der Waals surface area contributed by atoms with Crippen molar-refractivity contribution in [2.75, 3.05) is 0 Å². The quantitative estimate of drug-likeness (QED) is 0.738. The number of aromatic amines is 1. The Bertz CT molecular complexity index is 814. The highest BCUT2D eigenvalue weighted by molar-refractivity contribution is 5.92. The summed E-state index contributed by atoms with van der Waals surface area (Å²) in [4.78, 5) is 25.5. The van der Waals surface area contributed by atoms with Gasteiger partial charge in [0.25, 0.3) is 0 Å². The minimum absolute atomic E-state index is 0.151. The van der Waals surface area contributed by atoms with E-state index in [0.29, 0.717) is 24.1 Å². The Kier molecular flexibility index (Phi) is 2.86. The van der Waals surface area contributed by atoms with Crippen LogP contribution in [0.1, 0.15) is 10.4 Å². The summed E-state index contributed by atoms with van der Waals surface area (Å²) < 4.78 is 3.31. The Morgan fingerprint density at radius 1 is 1.35 bits per heavy atom. The number of carboxylic acid groups (broad SMARTS) is 1. The molecule has 2 heterocycles. The van der Waals surface area contributed by atoms with E-state index in [4.69, 9.17) is 5.11 Å². The van der Waals surface area contributed by atoms with E-state index in [1.54, 1.807) is 21.5 Å². The van der Waals surface area contributed by atoms with E-state index < -0.39 is 5.97 Å². The molecule has 3 rings (SSSR count). The van der Waals surface area contributed by atoms with Gasteiger partial charge in [-0.25, -0.2) is 9.59 Å². The largest absolute Gasteiger partial charge is 0.478 e. The average Bonchev–Trinajstić information content (AvgIpc) is 3.02. The van der Waals surface area contributed by atoms with Crippen molar-refractivity contribution in [3.8, 4) is 0 Å². The molecule has 7 heteroatoms. The molecule has 0 bridgehead atoms. The molecule has 20 heavy (non-hydrogen) atoms. The lowest BCUT2D eigenvalue weighted by Crippen LogP contribution is -2.19. The molecule has 0 amide bonds. The number of hydrogen-bond acceptors (Lipinski definition) is 3. The lowest BCUT2D eigenvalue weighted by atomic mass is 10.2. The number of nitrogens with zero attached hydrogens (tertiary/aromatic N) is 3. The van der Waals surface area contributed by atoms with Crippen molar-refractivity contribution in [1.82, 2.24) is 19.3 Å². The van der Waals surface area contributed by atoms with E-state index >= 15 is 0 Å². The van der Waals surface area contributed by atoms with Crippen LogP contribution in [0.3, 0.4) is 0 Å². The van der Waals surface area contributed by atoms with Crippen molar-refractivity contribution in [3.05, 3.63) is 52.7 Å². The number of nitrogens with one attached hydrogen (secondary N) is 1. The smallest absolute Gasteiger partial charge is 0.335 e. The number of hydrogen-bond donors (Lipinski definition) is 2. The maximum atomic E-state index is 11.9. The summed E-state index contributed by atoms with van der Waals surface area (Å²) in [6.45, 7) is 1.04. The molecule has 3 aromatic rings. The summed E-state index contributed by atoms with van der Waals surface area (Å²) in [7, 11) is 0. The number of H-pyrrole nitrogens is 1. The first-order chi connectivity index (χ1) is 9.65.